The van der Waals surface area contributed by atoms with Gasteiger partial charge >= 0.3 is 10.1 Å². The Hall–Kier alpha value is -2.47. The summed E-state index contributed by atoms with van der Waals surface area (Å²) in [6, 6.07) is 12.0. The van der Waals surface area contributed by atoms with E-state index in [2.05, 4.69) is 9.97 Å². The van der Waals surface area contributed by atoms with Crippen molar-refractivity contribution < 1.29 is 12.6 Å². The highest BCUT2D eigenvalue weighted by Crippen LogP contribution is 2.19. The van der Waals surface area contributed by atoms with Crippen LogP contribution in [0.5, 0.6) is 5.88 Å². The highest BCUT2D eigenvalue weighted by Gasteiger charge is 2.17. The molecule has 0 aliphatic carbocycles. The molecule has 3 aromatic rings. The third-order valence-electron chi connectivity index (χ3n) is 3.18. The summed E-state index contributed by atoms with van der Waals surface area (Å²) in [5, 5.41) is 0. The zero-order valence-electron chi connectivity index (χ0n) is 12.1. The van der Waals surface area contributed by atoms with Gasteiger partial charge in [0.2, 0.25) is 0 Å². The van der Waals surface area contributed by atoms with Crippen LogP contribution in [0.1, 0.15) is 11.1 Å². The van der Waals surface area contributed by atoms with E-state index >= 15 is 0 Å². The average molecular weight is 314 g/mol. The molecule has 5 nitrogen and oxygen atoms in total. The van der Waals surface area contributed by atoms with E-state index in [0.29, 0.717) is 11.0 Å². The molecule has 22 heavy (non-hydrogen) atoms. The Morgan fingerprint density at radius 3 is 2.32 bits per heavy atom. The molecule has 0 bridgehead atoms. The largest absolute Gasteiger partial charge is 0.356 e. The van der Waals surface area contributed by atoms with Gasteiger partial charge in [-0.05, 0) is 43.7 Å². The van der Waals surface area contributed by atoms with Crippen LogP contribution in [0.15, 0.2) is 53.6 Å². The maximum Gasteiger partial charge on any atom is 0.340 e. The molecule has 0 amide bonds. The van der Waals surface area contributed by atoms with Crippen molar-refractivity contribution in [1.82, 2.24) is 9.97 Å². The Morgan fingerprint density at radius 1 is 0.909 bits per heavy atom. The van der Waals surface area contributed by atoms with Crippen LogP contribution in [0.3, 0.4) is 0 Å². The minimum absolute atomic E-state index is 0.0445. The summed E-state index contributed by atoms with van der Waals surface area (Å²) >= 11 is 0. The van der Waals surface area contributed by atoms with Crippen LogP contribution in [0.4, 0.5) is 0 Å². The first-order valence-corrected chi connectivity index (χ1v) is 8.09. The van der Waals surface area contributed by atoms with Crippen LogP contribution < -0.4 is 4.18 Å². The second kappa shape index (κ2) is 5.38. The van der Waals surface area contributed by atoms with Crippen LogP contribution in [-0.2, 0) is 10.1 Å². The van der Waals surface area contributed by atoms with Crippen LogP contribution in [0.2, 0.25) is 0 Å². The third-order valence-corrected chi connectivity index (χ3v) is 4.42. The highest BCUT2D eigenvalue weighted by atomic mass is 32.2. The maximum absolute atomic E-state index is 12.2. The summed E-state index contributed by atoms with van der Waals surface area (Å²) < 4.78 is 29.5. The van der Waals surface area contributed by atoms with E-state index in [-0.39, 0.29) is 10.8 Å². The summed E-state index contributed by atoms with van der Waals surface area (Å²) in [7, 11) is -3.91. The van der Waals surface area contributed by atoms with E-state index in [4.69, 9.17) is 4.18 Å². The van der Waals surface area contributed by atoms with E-state index in [9.17, 15) is 8.42 Å². The normalized spacial score (nSPS) is 11.5. The second-order valence-corrected chi connectivity index (χ2v) is 6.60. The van der Waals surface area contributed by atoms with E-state index < -0.39 is 10.1 Å². The lowest BCUT2D eigenvalue weighted by atomic mass is 10.2. The van der Waals surface area contributed by atoms with Gasteiger partial charge in [-0.1, -0.05) is 23.8 Å². The maximum atomic E-state index is 12.2. The number of fused-ring (bicyclic) bond motifs is 1. The van der Waals surface area contributed by atoms with Crippen molar-refractivity contribution in [3.63, 3.8) is 0 Å². The second-order valence-electron chi connectivity index (χ2n) is 5.05. The topological polar surface area (TPSA) is 69.2 Å². The zero-order valence-corrected chi connectivity index (χ0v) is 13.0. The quantitative estimate of drug-likeness (QED) is 0.695. The van der Waals surface area contributed by atoms with E-state index in [0.717, 1.165) is 11.1 Å². The lowest BCUT2D eigenvalue weighted by molar-refractivity contribution is 0.476. The molecule has 1 aromatic heterocycles. The first kappa shape index (κ1) is 14.5. The van der Waals surface area contributed by atoms with Gasteiger partial charge in [0.25, 0.3) is 5.88 Å². The molecule has 0 fully saturated rings. The van der Waals surface area contributed by atoms with Crippen molar-refractivity contribution >= 4 is 21.2 Å². The number of rotatable bonds is 3. The summed E-state index contributed by atoms with van der Waals surface area (Å²) in [6.45, 7) is 3.83. The summed E-state index contributed by atoms with van der Waals surface area (Å²) in [4.78, 5) is 8.45. The first-order chi connectivity index (χ1) is 10.4. The summed E-state index contributed by atoms with van der Waals surface area (Å²) in [5.41, 5.74) is 3.31. The molecule has 0 spiro atoms. The first-order valence-electron chi connectivity index (χ1n) is 6.69. The molecule has 1 heterocycles. The van der Waals surface area contributed by atoms with Crippen LogP contribution in [-0.4, -0.2) is 18.4 Å². The number of hydrogen-bond acceptors (Lipinski definition) is 5. The zero-order chi connectivity index (χ0) is 15.7. The Labute approximate surface area is 128 Å². The minimum Gasteiger partial charge on any atom is -0.356 e. The van der Waals surface area contributed by atoms with Crippen molar-refractivity contribution in [1.29, 1.82) is 0 Å². The Kier molecular flexibility index (Phi) is 3.54. The van der Waals surface area contributed by atoms with Crippen molar-refractivity contribution in [2.24, 2.45) is 0 Å². The van der Waals surface area contributed by atoms with Gasteiger partial charge in [0.05, 0.1) is 17.2 Å². The van der Waals surface area contributed by atoms with E-state index in [1.807, 2.05) is 26.0 Å². The number of aromatic nitrogens is 2. The summed E-state index contributed by atoms with van der Waals surface area (Å²) in [5.74, 6) is -0.0445. The van der Waals surface area contributed by atoms with Crippen LogP contribution in [0.25, 0.3) is 11.0 Å². The smallest absolute Gasteiger partial charge is 0.340 e. The molecule has 6 heteroatoms. The van der Waals surface area contributed by atoms with Gasteiger partial charge in [-0.3, -0.25) is 0 Å². The molecule has 0 aliphatic heterocycles. The van der Waals surface area contributed by atoms with Crippen molar-refractivity contribution in [2.75, 3.05) is 0 Å². The fraction of sp³-hybridized carbons (Fsp3) is 0.125. The summed E-state index contributed by atoms with van der Waals surface area (Å²) in [6.07, 6.45) is 1.31. The molecule has 0 radical (unpaired) electrons. The van der Waals surface area contributed by atoms with E-state index in [1.165, 1.54) is 18.3 Å². The van der Waals surface area contributed by atoms with Gasteiger partial charge in [-0.2, -0.15) is 8.42 Å². The SMILES string of the molecule is Cc1ccc(S(=O)(=O)Oc2cnc3cc(C)ccc3n2)cc1. The highest BCUT2D eigenvalue weighted by molar-refractivity contribution is 7.87. The fourth-order valence-electron chi connectivity index (χ4n) is 2.01. The van der Waals surface area contributed by atoms with Gasteiger partial charge < -0.3 is 4.18 Å². The molecule has 0 atom stereocenters. The molecule has 0 aliphatic rings. The van der Waals surface area contributed by atoms with Gasteiger partial charge in [0.15, 0.2) is 0 Å². The molecule has 112 valence electrons. The van der Waals surface area contributed by atoms with E-state index in [1.54, 1.807) is 18.2 Å². The third kappa shape index (κ3) is 2.92. The van der Waals surface area contributed by atoms with Gasteiger partial charge in [0.1, 0.15) is 4.90 Å². The number of nitrogens with zero attached hydrogens (tertiary/aromatic N) is 2. The van der Waals surface area contributed by atoms with Crippen LogP contribution in [0, 0.1) is 13.8 Å². The lowest BCUT2D eigenvalue weighted by Crippen LogP contribution is -2.10. The van der Waals surface area contributed by atoms with Gasteiger partial charge in [-0.25, -0.2) is 9.97 Å². The predicted molar refractivity (Wildman–Crippen MR) is 83.3 cm³/mol. The molecule has 2 aromatic carbocycles. The molecule has 0 saturated carbocycles. The standard InChI is InChI=1S/C16H14N2O3S/c1-11-3-6-13(7-4-11)22(19,20)21-16-10-17-15-9-12(2)5-8-14(15)18-16/h3-10H,1-2H3. The molecule has 0 saturated heterocycles. The van der Waals surface area contributed by atoms with Crippen molar-refractivity contribution in [3.05, 3.63) is 59.8 Å². The molecule has 3 rings (SSSR count). The lowest BCUT2D eigenvalue weighted by Gasteiger charge is -2.07. The van der Waals surface area contributed by atoms with Crippen LogP contribution >= 0.6 is 0 Å². The Morgan fingerprint density at radius 2 is 1.59 bits per heavy atom. The van der Waals surface area contributed by atoms with Gasteiger partial charge in [0, 0.05) is 0 Å². The molecular formula is C16H14N2O3S. The van der Waals surface area contributed by atoms with Crippen molar-refractivity contribution in [2.45, 2.75) is 18.7 Å². The fourth-order valence-corrected chi connectivity index (χ4v) is 2.88. The molecule has 0 N–H and O–H groups in total. The molecular weight excluding hydrogens is 300 g/mol. The Bertz CT molecular complexity index is 935. The predicted octanol–water partition coefficient (Wildman–Crippen LogP) is 3.01. The van der Waals surface area contributed by atoms with Gasteiger partial charge in [-0.15, -0.1) is 0 Å². The molecule has 0 unspecified atom stereocenters. The number of aryl methyl sites for hydroxylation is 2. The Balaban J connectivity index is 1.95. The average Bonchev–Trinajstić information content (AvgIpc) is 2.47. The monoisotopic (exact) mass is 314 g/mol. The minimum atomic E-state index is -3.91. The van der Waals surface area contributed by atoms with Crippen molar-refractivity contribution in [3.8, 4) is 5.88 Å². The number of benzene rings is 2. The number of hydrogen-bond donors (Lipinski definition) is 0.